The lowest BCUT2D eigenvalue weighted by molar-refractivity contribution is -0.146. The Balaban J connectivity index is 1.35. The first kappa shape index (κ1) is 23.1. The molecule has 6 nitrogen and oxygen atoms in total. The summed E-state index contributed by atoms with van der Waals surface area (Å²) in [6.07, 6.45) is 7.46. The van der Waals surface area contributed by atoms with Crippen LogP contribution in [-0.2, 0) is 4.79 Å². The quantitative estimate of drug-likeness (QED) is 0.527. The van der Waals surface area contributed by atoms with E-state index in [9.17, 15) is 14.7 Å². The fourth-order valence-corrected chi connectivity index (χ4v) is 6.09. The second-order valence-corrected chi connectivity index (χ2v) is 10.3. The van der Waals surface area contributed by atoms with Crippen molar-refractivity contribution >= 4 is 34.4 Å². The minimum absolute atomic E-state index is 0.0362. The molecule has 172 valence electrons. The number of carboxylic acid groups (broad SMARTS) is 1. The molecule has 2 atom stereocenters. The molecule has 0 radical (unpaired) electrons. The van der Waals surface area contributed by atoms with Crippen LogP contribution in [0.5, 0.6) is 5.75 Å². The van der Waals surface area contributed by atoms with Crippen LogP contribution in [0.3, 0.4) is 0 Å². The van der Waals surface area contributed by atoms with Crippen molar-refractivity contribution in [2.24, 2.45) is 11.8 Å². The molecule has 1 aliphatic heterocycles. The fraction of sp³-hybridized carbons (Fsp3) is 0.560. The zero-order valence-corrected chi connectivity index (χ0v) is 19.5. The Hall–Kier alpha value is -2.12. The number of fused-ring (bicyclic) bond motifs is 1. The lowest BCUT2D eigenvalue weighted by Crippen LogP contribution is -2.44. The Morgan fingerprint density at radius 2 is 2.09 bits per heavy atom. The predicted molar refractivity (Wildman–Crippen MR) is 128 cm³/mol. The van der Waals surface area contributed by atoms with Gasteiger partial charge < -0.3 is 14.7 Å². The monoisotopic (exact) mass is 456 g/mol. The second-order valence-electron chi connectivity index (χ2n) is 8.92. The van der Waals surface area contributed by atoms with E-state index in [4.69, 9.17) is 4.74 Å². The van der Waals surface area contributed by atoms with E-state index in [0.29, 0.717) is 30.7 Å². The summed E-state index contributed by atoms with van der Waals surface area (Å²) in [5.74, 6) is 0.702. The van der Waals surface area contributed by atoms with Crippen molar-refractivity contribution in [1.29, 1.82) is 0 Å². The molecule has 1 aromatic heterocycles. The highest BCUT2D eigenvalue weighted by atomic mass is 32.2. The first-order chi connectivity index (χ1) is 15.5. The topological polar surface area (TPSA) is 79.7 Å². The van der Waals surface area contributed by atoms with Crippen LogP contribution in [0.25, 0.3) is 10.9 Å². The van der Waals surface area contributed by atoms with E-state index in [1.165, 1.54) is 19.3 Å². The smallest absolute Gasteiger partial charge is 0.308 e. The lowest BCUT2D eigenvalue weighted by Gasteiger charge is -2.37. The van der Waals surface area contributed by atoms with Crippen molar-refractivity contribution in [1.82, 2.24) is 9.88 Å². The molecule has 1 saturated carbocycles. The maximum Gasteiger partial charge on any atom is 0.308 e. The number of rotatable bonds is 10. The molecule has 0 amide bonds. The Morgan fingerprint density at radius 3 is 2.81 bits per heavy atom. The van der Waals surface area contributed by atoms with Crippen LogP contribution in [0.15, 0.2) is 30.5 Å². The normalized spacial score (nSPS) is 21.9. The molecule has 1 N–H and O–H groups in total. The first-order valence-corrected chi connectivity index (χ1v) is 12.6. The summed E-state index contributed by atoms with van der Waals surface area (Å²) < 4.78 is 5.30. The van der Waals surface area contributed by atoms with E-state index in [0.717, 1.165) is 41.4 Å². The fourth-order valence-electron chi connectivity index (χ4n) is 4.73. The third kappa shape index (κ3) is 5.44. The van der Waals surface area contributed by atoms with Gasteiger partial charge in [-0.2, -0.15) is 11.8 Å². The number of likely N-dealkylation sites (tertiary alicyclic amines) is 1. The zero-order valence-electron chi connectivity index (χ0n) is 18.7. The highest BCUT2D eigenvalue weighted by Gasteiger charge is 2.34. The number of hydrogen-bond acceptors (Lipinski definition) is 6. The maximum absolute atomic E-state index is 13.1. The van der Waals surface area contributed by atoms with Crippen molar-refractivity contribution in [2.75, 3.05) is 32.5 Å². The van der Waals surface area contributed by atoms with Crippen LogP contribution in [0.4, 0.5) is 0 Å². The average Bonchev–Trinajstić information content (AvgIpc) is 2.78. The molecule has 2 heterocycles. The number of carbonyl (C=O) groups is 2. The van der Waals surface area contributed by atoms with Crippen LogP contribution in [-0.4, -0.2) is 64.5 Å². The lowest BCUT2D eigenvalue weighted by atomic mass is 9.81. The molecule has 7 heteroatoms. The molecule has 4 rings (SSSR count). The Bertz CT molecular complexity index is 962. The predicted octanol–water partition coefficient (Wildman–Crippen LogP) is 4.51. The highest BCUT2D eigenvalue weighted by molar-refractivity contribution is 7.99. The van der Waals surface area contributed by atoms with Crippen LogP contribution in [0.1, 0.15) is 48.9 Å². The van der Waals surface area contributed by atoms with Gasteiger partial charge in [-0.15, -0.1) is 0 Å². The number of piperidine rings is 1. The molecule has 1 saturated heterocycles. The molecule has 2 aliphatic rings. The number of ether oxygens (including phenoxy) is 1. The first-order valence-electron chi connectivity index (χ1n) is 11.6. The van der Waals surface area contributed by atoms with Gasteiger partial charge in [0.05, 0.1) is 18.5 Å². The third-order valence-corrected chi connectivity index (χ3v) is 8.32. The minimum Gasteiger partial charge on any atom is -0.497 e. The van der Waals surface area contributed by atoms with Crippen molar-refractivity contribution in [2.45, 2.75) is 43.8 Å². The van der Waals surface area contributed by atoms with E-state index in [1.54, 1.807) is 19.4 Å². The molecule has 1 aliphatic carbocycles. The van der Waals surface area contributed by atoms with Crippen molar-refractivity contribution in [3.63, 3.8) is 0 Å². The van der Waals surface area contributed by atoms with Gasteiger partial charge in [0.25, 0.3) is 0 Å². The van der Waals surface area contributed by atoms with Gasteiger partial charge in [0, 0.05) is 47.7 Å². The van der Waals surface area contributed by atoms with Gasteiger partial charge in [-0.1, -0.05) is 6.42 Å². The number of methoxy groups -OCH3 is 1. The SMILES string of the molecule is COc1ccc2nccc(C(=O)CCC3CCN(CCSC4CCC4)CC3C(=O)O)c2c1. The summed E-state index contributed by atoms with van der Waals surface area (Å²) >= 11 is 2.03. The molecular formula is C25H32N2O4S. The van der Waals surface area contributed by atoms with Gasteiger partial charge in [0.2, 0.25) is 0 Å². The van der Waals surface area contributed by atoms with Crippen molar-refractivity contribution < 1.29 is 19.4 Å². The number of nitrogens with zero attached hydrogens (tertiary/aromatic N) is 2. The van der Waals surface area contributed by atoms with Gasteiger partial charge in [-0.25, -0.2) is 0 Å². The van der Waals surface area contributed by atoms with E-state index < -0.39 is 11.9 Å². The van der Waals surface area contributed by atoms with Crippen molar-refractivity contribution in [3.8, 4) is 5.75 Å². The number of hydrogen-bond donors (Lipinski definition) is 1. The third-order valence-electron chi connectivity index (χ3n) is 6.96. The minimum atomic E-state index is -0.738. The molecule has 2 aromatic rings. The number of Topliss-reactive ketones (excluding diaryl/α,β-unsaturated/α-hetero) is 1. The van der Waals surface area contributed by atoms with Crippen LogP contribution in [0, 0.1) is 11.8 Å². The number of carbonyl (C=O) groups excluding carboxylic acids is 1. The van der Waals surface area contributed by atoms with Gasteiger partial charge in [0.15, 0.2) is 5.78 Å². The number of carboxylic acids is 1. The van der Waals surface area contributed by atoms with Crippen LogP contribution >= 0.6 is 11.8 Å². The molecule has 32 heavy (non-hydrogen) atoms. The summed E-state index contributed by atoms with van der Waals surface area (Å²) in [5.41, 5.74) is 1.39. The van der Waals surface area contributed by atoms with E-state index in [2.05, 4.69) is 9.88 Å². The van der Waals surface area contributed by atoms with E-state index >= 15 is 0 Å². The zero-order chi connectivity index (χ0) is 22.5. The standard InChI is InChI=1S/C25H32N2O4S/c1-31-18-6-7-23-21(15-18)20(9-11-26-23)24(28)8-5-17-10-12-27(16-22(17)25(29)30)13-14-32-19-3-2-4-19/h6-7,9,11,15,17,19,22H,2-5,8,10,12-14,16H2,1H3,(H,29,30). The van der Waals surface area contributed by atoms with Gasteiger partial charge >= 0.3 is 5.97 Å². The van der Waals surface area contributed by atoms with Gasteiger partial charge in [-0.05, 0) is 62.4 Å². The number of aromatic nitrogens is 1. The number of thioether (sulfide) groups is 1. The van der Waals surface area contributed by atoms with E-state index in [-0.39, 0.29) is 11.7 Å². The Kier molecular flexibility index (Phi) is 7.68. The second kappa shape index (κ2) is 10.7. The highest BCUT2D eigenvalue weighted by Crippen LogP contribution is 2.33. The Morgan fingerprint density at radius 1 is 1.25 bits per heavy atom. The number of pyridine rings is 1. The molecular weight excluding hydrogens is 424 g/mol. The average molecular weight is 457 g/mol. The molecule has 1 aromatic carbocycles. The summed E-state index contributed by atoms with van der Waals surface area (Å²) in [4.78, 5) is 31.7. The van der Waals surface area contributed by atoms with Crippen molar-refractivity contribution in [3.05, 3.63) is 36.0 Å². The Labute approximate surface area is 193 Å². The maximum atomic E-state index is 13.1. The number of aliphatic carboxylic acids is 1. The van der Waals surface area contributed by atoms with Crippen LogP contribution < -0.4 is 4.74 Å². The molecule has 2 fully saturated rings. The summed E-state index contributed by atoms with van der Waals surface area (Å²) in [7, 11) is 1.60. The number of benzene rings is 1. The largest absolute Gasteiger partial charge is 0.497 e. The molecule has 0 spiro atoms. The van der Waals surface area contributed by atoms with Gasteiger partial charge in [0.1, 0.15) is 5.75 Å². The van der Waals surface area contributed by atoms with E-state index in [1.807, 2.05) is 30.0 Å². The molecule has 0 bridgehead atoms. The number of ketones is 1. The van der Waals surface area contributed by atoms with Crippen LogP contribution in [0.2, 0.25) is 0 Å². The summed E-state index contributed by atoms with van der Waals surface area (Å²) in [5, 5.41) is 11.4. The summed E-state index contributed by atoms with van der Waals surface area (Å²) in [6.45, 7) is 2.47. The summed E-state index contributed by atoms with van der Waals surface area (Å²) in [6, 6.07) is 7.28. The molecule has 2 unspecified atom stereocenters. The van der Waals surface area contributed by atoms with Gasteiger partial charge in [-0.3, -0.25) is 14.6 Å².